The highest BCUT2D eigenvalue weighted by Gasteiger charge is 2.15. The van der Waals surface area contributed by atoms with Crippen molar-refractivity contribution in [3.8, 4) is 0 Å². The predicted molar refractivity (Wildman–Crippen MR) is 124 cm³/mol. The quantitative estimate of drug-likeness (QED) is 0.188. The summed E-state index contributed by atoms with van der Waals surface area (Å²) in [6.07, 6.45) is 18.1. The van der Waals surface area contributed by atoms with Gasteiger partial charge in [0.2, 0.25) is 0 Å². The zero-order chi connectivity index (χ0) is 21.7. The third kappa shape index (κ3) is 14.6. The topological polar surface area (TPSA) is 55.8 Å². The lowest BCUT2D eigenvalue weighted by molar-refractivity contribution is -0.0243. The van der Waals surface area contributed by atoms with E-state index in [-0.39, 0.29) is 13.2 Å². The zero-order valence-corrected chi connectivity index (χ0v) is 19.2. The standard InChI is InChI=1S/C26H44O4/c1-2-3-4-5-6-7-8-9-10-11-12-13-14-18-21-29-23-25(22-27)30-26(28)24-19-16-15-17-20-24/h15-17,19-20,25,27H,2-14,18,21-23H2,1H3/t25-/m1/s1. The molecule has 0 unspecified atom stereocenters. The molecule has 0 aliphatic rings. The number of ether oxygens (including phenoxy) is 2. The van der Waals surface area contributed by atoms with Crippen LogP contribution in [-0.4, -0.2) is 37.0 Å². The van der Waals surface area contributed by atoms with E-state index in [0.717, 1.165) is 6.42 Å². The Morgan fingerprint density at radius 3 is 1.80 bits per heavy atom. The molecule has 4 nitrogen and oxygen atoms in total. The highest BCUT2D eigenvalue weighted by Crippen LogP contribution is 2.13. The maximum absolute atomic E-state index is 12.0. The van der Waals surface area contributed by atoms with Crippen molar-refractivity contribution in [3.05, 3.63) is 35.9 Å². The van der Waals surface area contributed by atoms with Crippen LogP contribution in [0.1, 0.15) is 107 Å². The highest BCUT2D eigenvalue weighted by atomic mass is 16.6. The monoisotopic (exact) mass is 420 g/mol. The van der Waals surface area contributed by atoms with E-state index < -0.39 is 12.1 Å². The molecule has 1 atom stereocenters. The number of aliphatic hydroxyl groups excluding tert-OH is 1. The normalized spacial score (nSPS) is 12.1. The molecule has 0 bridgehead atoms. The fourth-order valence-electron chi connectivity index (χ4n) is 3.53. The molecule has 0 aliphatic carbocycles. The van der Waals surface area contributed by atoms with Crippen LogP contribution in [0.4, 0.5) is 0 Å². The second-order valence-corrected chi connectivity index (χ2v) is 8.25. The van der Waals surface area contributed by atoms with Crippen LogP contribution in [-0.2, 0) is 9.47 Å². The van der Waals surface area contributed by atoms with Crippen LogP contribution in [0.25, 0.3) is 0 Å². The molecule has 0 aromatic heterocycles. The molecule has 0 heterocycles. The van der Waals surface area contributed by atoms with Crippen LogP contribution < -0.4 is 0 Å². The largest absolute Gasteiger partial charge is 0.454 e. The van der Waals surface area contributed by atoms with Gasteiger partial charge in [0.25, 0.3) is 0 Å². The number of aliphatic hydroxyl groups is 1. The Labute approximate surface area is 184 Å². The molecule has 1 rings (SSSR count). The minimum Gasteiger partial charge on any atom is -0.454 e. The molecule has 0 saturated heterocycles. The summed E-state index contributed by atoms with van der Waals surface area (Å²) in [5.74, 6) is -0.422. The van der Waals surface area contributed by atoms with E-state index in [1.54, 1.807) is 24.3 Å². The summed E-state index contributed by atoms with van der Waals surface area (Å²) in [5, 5.41) is 9.39. The first kappa shape index (κ1) is 26.6. The lowest BCUT2D eigenvalue weighted by atomic mass is 10.0. The second-order valence-electron chi connectivity index (χ2n) is 8.25. The van der Waals surface area contributed by atoms with E-state index >= 15 is 0 Å². The third-order valence-corrected chi connectivity index (χ3v) is 5.43. The maximum Gasteiger partial charge on any atom is 0.338 e. The lowest BCUT2D eigenvalue weighted by Crippen LogP contribution is -2.27. The summed E-state index contributed by atoms with van der Waals surface area (Å²) >= 11 is 0. The van der Waals surface area contributed by atoms with E-state index in [0.29, 0.717) is 12.2 Å². The minimum atomic E-state index is -0.607. The third-order valence-electron chi connectivity index (χ3n) is 5.43. The van der Waals surface area contributed by atoms with Crippen LogP contribution >= 0.6 is 0 Å². The average molecular weight is 421 g/mol. The Morgan fingerprint density at radius 1 is 0.800 bits per heavy atom. The molecule has 4 heteroatoms. The number of hydrogen-bond acceptors (Lipinski definition) is 4. The first-order chi connectivity index (χ1) is 14.8. The molecule has 0 saturated carbocycles. The van der Waals surface area contributed by atoms with E-state index in [1.165, 1.54) is 83.5 Å². The van der Waals surface area contributed by atoms with Gasteiger partial charge in [0, 0.05) is 6.61 Å². The summed E-state index contributed by atoms with van der Waals surface area (Å²) in [7, 11) is 0. The zero-order valence-electron chi connectivity index (χ0n) is 19.2. The number of hydrogen-bond donors (Lipinski definition) is 1. The summed E-state index contributed by atoms with van der Waals surface area (Å²) in [4.78, 5) is 12.0. The van der Waals surface area contributed by atoms with Gasteiger partial charge in [-0.25, -0.2) is 4.79 Å². The van der Waals surface area contributed by atoms with E-state index in [9.17, 15) is 9.90 Å². The van der Waals surface area contributed by atoms with Gasteiger partial charge in [-0.1, -0.05) is 109 Å². The van der Waals surface area contributed by atoms with Crippen LogP contribution in [0.2, 0.25) is 0 Å². The van der Waals surface area contributed by atoms with Crippen molar-refractivity contribution in [2.24, 2.45) is 0 Å². The molecule has 1 aromatic rings. The molecule has 0 aliphatic heterocycles. The first-order valence-electron chi connectivity index (χ1n) is 12.2. The van der Waals surface area contributed by atoms with Crippen molar-refractivity contribution in [2.45, 2.75) is 103 Å². The van der Waals surface area contributed by atoms with Crippen molar-refractivity contribution in [2.75, 3.05) is 19.8 Å². The average Bonchev–Trinajstić information content (AvgIpc) is 2.78. The number of benzene rings is 1. The smallest absolute Gasteiger partial charge is 0.338 e. The Hall–Kier alpha value is -1.39. The molecule has 1 N–H and O–H groups in total. The van der Waals surface area contributed by atoms with Crippen molar-refractivity contribution in [1.82, 2.24) is 0 Å². The molecule has 0 spiro atoms. The van der Waals surface area contributed by atoms with Crippen LogP contribution in [0.15, 0.2) is 30.3 Å². The number of carbonyl (C=O) groups is 1. The minimum absolute atomic E-state index is 0.225. The van der Waals surface area contributed by atoms with Crippen molar-refractivity contribution >= 4 is 5.97 Å². The fourth-order valence-corrected chi connectivity index (χ4v) is 3.53. The van der Waals surface area contributed by atoms with Gasteiger partial charge in [-0.2, -0.15) is 0 Å². The summed E-state index contributed by atoms with van der Waals surface area (Å²) in [5.41, 5.74) is 0.489. The lowest BCUT2D eigenvalue weighted by Gasteiger charge is -2.15. The maximum atomic E-state index is 12.0. The van der Waals surface area contributed by atoms with Gasteiger partial charge in [-0.3, -0.25) is 0 Å². The first-order valence-corrected chi connectivity index (χ1v) is 12.2. The van der Waals surface area contributed by atoms with Gasteiger partial charge in [-0.15, -0.1) is 0 Å². The van der Waals surface area contributed by atoms with Crippen LogP contribution in [0.5, 0.6) is 0 Å². The number of rotatable bonds is 20. The molecule has 1 aromatic carbocycles. The van der Waals surface area contributed by atoms with Gasteiger partial charge >= 0.3 is 5.97 Å². The Morgan fingerprint density at radius 2 is 1.30 bits per heavy atom. The Balaban J connectivity index is 1.87. The van der Waals surface area contributed by atoms with E-state index in [4.69, 9.17) is 9.47 Å². The highest BCUT2D eigenvalue weighted by molar-refractivity contribution is 5.89. The van der Waals surface area contributed by atoms with Gasteiger partial charge in [0.15, 0.2) is 0 Å². The Kier molecular flexibility index (Phi) is 17.4. The summed E-state index contributed by atoms with van der Waals surface area (Å²) in [6, 6.07) is 8.83. The van der Waals surface area contributed by atoms with E-state index in [1.807, 2.05) is 6.07 Å². The Bertz CT molecular complexity index is 503. The number of unbranched alkanes of at least 4 members (excludes halogenated alkanes) is 13. The summed E-state index contributed by atoms with van der Waals surface area (Å²) < 4.78 is 10.9. The van der Waals surface area contributed by atoms with E-state index in [2.05, 4.69) is 6.92 Å². The molecule has 30 heavy (non-hydrogen) atoms. The fraction of sp³-hybridized carbons (Fsp3) is 0.731. The van der Waals surface area contributed by atoms with Crippen molar-refractivity contribution in [1.29, 1.82) is 0 Å². The number of esters is 1. The van der Waals surface area contributed by atoms with Crippen LogP contribution in [0.3, 0.4) is 0 Å². The molecule has 0 fully saturated rings. The second kappa shape index (κ2) is 19.6. The van der Waals surface area contributed by atoms with Crippen molar-refractivity contribution < 1.29 is 19.4 Å². The van der Waals surface area contributed by atoms with Gasteiger partial charge in [-0.05, 0) is 18.6 Å². The number of carbonyl (C=O) groups excluding carboxylic acids is 1. The summed E-state index contributed by atoms with van der Waals surface area (Å²) in [6.45, 7) is 2.94. The molecular formula is C26H44O4. The van der Waals surface area contributed by atoms with Gasteiger partial charge in [0.1, 0.15) is 6.10 Å². The molecule has 0 amide bonds. The van der Waals surface area contributed by atoms with Gasteiger partial charge < -0.3 is 14.6 Å². The van der Waals surface area contributed by atoms with Crippen molar-refractivity contribution in [3.63, 3.8) is 0 Å². The van der Waals surface area contributed by atoms with Crippen LogP contribution in [0, 0.1) is 0 Å². The molecule has 172 valence electrons. The molecule has 0 radical (unpaired) electrons. The van der Waals surface area contributed by atoms with Gasteiger partial charge in [0.05, 0.1) is 18.8 Å². The SMILES string of the molecule is CCCCCCCCCCCCCCCCOC[C@@H](CO)OC(=O)c1ccccc1. The molecular weight excluding hydrogens is 376 g/mol. The predicted octanol–water partition coefficient (Wildman–Crippen LogP) is 6.70.